The summed E-state index contributed by atoms with van der Waals surface area (Å²) in [7, 11) is -3.63. The van der Waals surface area contributed by atoms with Crippen LogP contribution in [-0.2, 0) is 14.8 Å². The van der Waals surface area contributed by atoms with Gasteiger partial charge in [0.05, 0.1) is 10.8 Å². The summed E-state index contributed by atoms with van der Waals surface area (Å²) in [6, 6.07) is 10.7. The van der Waals surface area contributed by atoms with E-state index in [0.717, 1.165) is 16.8 Å². The minimum Gasteiger partial charge on any atom is -0.369 e. The fraction of sp³-hybridized carbons (Fsp3) is 0.409. The third kappa shape index (κ3) is 3.70. The molecule has 2 aliphatic rings. The van der Waals surface area contributed by atoms with Gasteiger partial charge in [-0.05, 0) is 54.3 Å². The van der Waals surface area contributed by atoms with E-state index in [9.17, 15) is 13.2 Å². The van der Waals surface area contributed by atoms with Crippen molar-refractivity contribution in [3.8, 4) is 0 Å². The second-order valence-corrected chi connectivity index (χ2v) is 10.7. The number of nitrogens with zero attached hydrogens (tertiary/aromatic N) is 2. The number of benzene rings is 2. The Bertz CT molecular complexity index is 1090. The van der Waals surface area contributed by atoms with Gasteiger partial charge in [0, 0.05) is 42.6 Å². The molecular formula is C22H26ClN3O3S. The van der Waals surface area contributed by atoms with E-state index in [0.29, 0.717) is 36.9 Å². The normalized spacial score (nSPS) is 19.8. The number of halogens is 1. The van der Waals surface area contributed by atoms with Crippen molar-refractivity contribution in [2.75, 3.05) is 36.4 Å². The van der Waals surface area contributed by atoms with Gasteiger partial charge >= 0.3 is 0 Å². The third-order valence-electron chi connectivity index (χ3n) is 5.95. The maximum atomic E-state index is 13.3. The van der Waals surface area contributed by atoms with Crippen molar-refractivity contribution in [3.63, 3.8) is 0 Å². The van der Waals surface area contributed by atoms with E-state index in [1.807, 2.05) is 39.0 Å². The van der Waals surface area contributed by atoms with Crippen LogP contribution in [0.1, 0.15) is 30.9 Å². The lowest BCUT2D eigenvalue weighted by Gasteiger charge is -2.36. The summed E-state index contributed by atoms with van der Waals surface area (Å²) in [6.07, 6.45) is 0. The zero-order valence-electron chi connectivity index (χ0n) is 17.4. The molecule has 2 aliphatic heterocycles. The van der Waals surface area contributed by atoms with Crippen molar-refractivity contribution in [2.24, 2.45) is 5.92 Å². The Morgan fingerprint density at radius 3 is 2.43 bits per heavy atom. The Balaban J connectivity index is 1.55. The first kappa shape index (κ1) is 21.2. The number of anilines is 2. The molecule has 2 aromatic carbocycles. The van der Waals surface area contributed by atoms with Crippen LogP contribution in [0.5, 0.6) is 0 Å². The smallest absolute Gasteiger partial charge is 0.243 e. The summed E-state index contributed by atoms with van der Waals surface area (Å²) in [5.41, 5.74) is 3.64. The van der Waals surface area contributed by atoms with Crippen molar-refractivity contribution in [1.82, 2.24) is 4.31 Å². The number of nitrogens with one attached hydrogen (secondary N) is 1. The summed E-state index contributed by atoms with van der Waals surface area (Å²) in [5, 5.41) is 3.53. The Morgan fingerprint density at radius 2 is 1.77 bits per heavy atom. The van der Waals surface area contributed by atoms with Crippen LogP contribution >= 0.6 is 11.6 Å². The first-order chi connectivity index (χ1) is 14.2. The highest BCUT2D eigenvalue weighted by atomic mass is 35.5. The van der Waals surface area contributed by atoms with Crippen LogP contribution in [0.4, 0.5) is 11.4 Å². The second kappa shape index (κ2) is 7.87. The van der Waals surface area contributed by atoms with Gasteiger partial charge in [0.25, 0.3) is 0 Å². The molecule has 2 aromatic rings. The lowest BCUT2D eigenvalue weighted by Crippen LogP contribution is -2.48. The van der Waals surface area contributed by atoms with Gasteiger partial charge in [0.1, 0.15) is 0 Å². The minimum atomic E-state index is -3.63. The average Bonchev–Trinajstić information content (AvgIpc) is 3.05. The van der Waals surface area contributed by atoms with E-state index in [2.05, 4.69) is 10.2 Å². The molecule has 0 aliphatic carbocycles. The van der Waals surface area contributed by atoms with Gasteiger partial charge in [0.15, 0.2) is 0 Å². The van der Waals surface area contributed by atoms with Crippen molar-refractivity contribution in [2.45, 2.75) is 31.6 Å². The molecule has 0 radical (unpaired) electrons. The molecule has 160 valence electrons. The fourth-order valence-corrected chi connectivity index (χ4v) is 5.95. The van der Waals surface area contributed by atoms with Crippen molar-refractivity contribution < 1.29 is 13.2 Å². The number of sulfonamides is 1. The van der Waals surface area contributed by atoms with E-state index < -0.39 is 10.0 Å². The second-order valence-electron chi connectivity index (χ2n) is 8.28. The standard InChI is InChI=1S/C22H26ClN3O3S/c1-14(2)21-18-13-17(6-7-19(18)24-22(21)27)30(28,29)26-10-8-25(9-11-26)20-12-16(23)5-4-15(20)3/h4-7,12-14,21H,8-11H2,1-3H3,(H,24,27)/t21-/m0/s1. The predicted octanol–water partition coefficient (Wildman–Crippen LogP) is 3.85. The highest BCUT2D eigenvalue weighted by molar-refractivity contribution is 7.89. The summed E-state index contributed by atoms with van der Waals surface area (Å²) in [6.45, 7) is 7.96. The Morgan fingerprint density at radius 1 is 1.07 bits per heavy atom. The lowest BCUT2D eigenvalue weighted by molar-refractivity contribution is -0.117. The molecule has 4 rings (SSSR count). The van der Waals surface area contributed by atoms with Gasteiger partial charge < -0.3 is 10.2 Å². The maximum Gasteiger partial charge on any atom is 0.243 e. The number of hydrogen-bond acceptors (Lipinski definition) is 4. The molecule has 1 fully saturated rings. The molecular weight excluding hydrogens is 422 g/mol. The molecule has 2 heterocycles. The van der Waals surface area contributed by atoms with E-state index >= 15 is 0 Å². The van der Waals surface area contributed by atoms with Gasteiger partial charge in [-0.15, -0.1) is 0 Å². The fourth-order valence-electron chi connectivity index (χ4n) is 4.33. The van der Waals surface area contributed by atoms with Crippen molar-refractivity contribution in [1.29, 1.82) is 0 Å². The van der Waals surface area contributed by atoms with E-state index in [-0.39, 0.29) is 22.6 Å². The van der Waals surface area contributed by atoms with Crippen LogP contribution in [0.3, 0.4) is 0 Å². The number of piperazine rings is 1. The van der Waals surface area contributed by atoms with Crippen LogP contribution in [0.25, 0.3) is 0 Å². The Hall–Kier alpha value is -2.09. The molecule has 6 nitrogen and oxygen atoms in total. The SMILES string of the molecule is Cc1ccc(Cl)cc1N1CCN(S(=O)(=O)c2ccc3c(c2)[C@H](C(C)C)C(=O)N3)CC1. The zero-order chi connectivity index (χ0) is 21.6. The molecule has 1 N–H and O–H groups in total. The molecule has 0 saturated carbocycles. The number of carbonyl (C=O) groups excluding carboxylic acids is 1. The summed E-state index contributed by atoms with van der Waals surface area (Å²) in [5.74, 6) is -0.299. The van der Waals surface area contributed by atoms with Crippen LogP contribution < -0.4 is 10.2 Å². The Kier molecular flexibility index (Phi) is 5.55. The van der Waals surface area contributed by atoms with E-state index in [1.54, 1.807) is 18.2 Å². The predicted molar refractivity (Wildman–Crippen MR) is 120 cm³/mol. The van der Waals surface area contributed by atoms with E-state index in [4.69, 9.17) is 11.6 Å². The largest absolute Gasteiger partial charge is 0.369 e. The molecule has 30 heavy (non-hydrogen) atoms. The zero-order valence-corrected chi connectivity index (χ0v) is 18.9. The van der Waals surface area contributed by atoms with Crippen molar-refractivity contribution >= 4 is 38.9 Å². The number of rotatable bonds is 4. The lowest BCUT2D eigenvalue weighted by atomic mass is 9.90. The van der Waals surface area contributed by atoms with Gasteiger partial charge in [-0.3, -0.25) is 4.79 Å². The maximum absolute atomic E-state index is 13.3. The van der Waals surface area contributed by atoms with E-state index in [1.165, 1.54) is 4.31 Å². The first-order valence-corrected chi connectivity index (χ1v) is 12.0. The highest BCUT2D eigenvalue weighted by Gasteiger charge is 2.35. The topological polar surface area (TPSA) is 69.7 Å². The molecule has 8 heteroatoms. The Labute approximate surface area is 182 Å². The van der Waals surface area contributed by atoms with Gasteiger partial charge in [0.2, 0.25) is 15.9 Å². The molecule has 0 unspecified atom stereocenters. The highest BCUT2D eigenvalue weighted by Crippen LogP contribution is 2.39. The number of carbonyl (C=O) groups is 1. The van der Waals surface area contributed by atoms with Crippen LogP contribution in [0, 0.1) is 12.8 Å². The summed E-state index contributed by atoms with van der Waals surface area (Å²) >= 11 is 6.15. The average molecular weight is 448 g/mol. The molecule has 1 amide bonds. The van der Waals surface area contributed by atoms with Gasteiger partial charge in [-0.25, -0.2) is 8.42 Å². The van der Waals surface area contributed by atoms with Crippen molar-refractivity contribution in [3.05, 3.63) is 52.5 Å². The monoisotopic (exact) mass is 447 g/mol. The number of fused-ring (bicyclic) bond motifs is 1. The number of aryl methyl sites for hydroxylation is 1. The first-order valence-electron chi connectivity index (χ1n) is 10.1. The van der Waals surface area contributed by atoms with Gasteiger partial charge in [-0.2, -0.15) is 4.31 Å². The van der Waals surface area contributed by atoms with Gasteiger partial charge in [-0.1, -0.05) is 31.5 Å². The number of amides is 1. The van der Waals surface area contributed by atoms with Crippen LogP contribution in [0.2, 0.25) is 5.02 Å². The summed E-state index contributed by atoms with van der Waals surface area (Å²) < 4.78 is 28.1. The van der Waals surface area contributed by atoms with Crippen LogP contribution in [0.15, 0.2) is 41.3 Å². The minimum absolute atomic E-state index is 0.0694. The molecule has 0 spiro atoms. The third-order valence-corrected chi connectivity index (χ3v) is 8.08. The molecule has 1 atom stereocenters. The molecule has 1 saturated heterocycles. The summed E-state index contributed by atoms with van der Waals surface area (Å²) in [4.78, 5) is 14.7. The van der Waals surface area contributed by atoms with Crippen LogP contribution in [-0.4, -0.2) is 44.8 Å². The number of hydrogen-bond donors (Lipinski definition) is 1. The molecule has 0 bridgehead atoms. The molecule has 0 aromatic heterocycles. The quantitative estimate of drug-likeness (QED) is 0.772.